The molecule has 462 valence electrons. The fourth-order valence-electron chi connectivity index (χ4n) is 17.3. The standard InChI is InChI=1S/C90H79BN4/c1-89(2,3)69-37-43-79-73(53-69)83-71(60-33-21-11-22-34-60)39-41-75-86(83)94(79)81-51-68(52-82-85(81)91(75)76-42-40-72(61-35-23-12-24-36-61)84-74-54-70(90(4,5)6)38-44-80(74)95(82)87(76)84)88-92-77(66-47-62(56-25-13-7-14-26-56)45-63(48-66)57-27-15-8-16-28-57)55-78(93-88)67-49-64(58-29-17-9-18-30-58)46-65(50-67)59-31-19-10-20-32-59/h7-10,13-20,25-32,37-55,60-61H,11-12,21-24,33-36H2,1-6H3. The van der Waals surface area contributed by atoms with Crippen LogP contribution in [0.3, 0.4) is 0 Å². The minimum atomic E-state index is -0.0384. The summed E-state index contributed by atoms with van der Waals surface area (Å²) in [5.74, 6) is 1.71. The topological polar surface area (TPSA) is 35.6 Å². The molecule has 5 heterocycles. The Kier molecular flexibility index (Phi) is 13.6. The van der Waals surface area contributed by atoms with E-state index in [1.54, 1.807) is 0 Å². The molecule has 0 saturated heterocycles. The molecule has 0 amide bonds. The molecular weight excluding hydrogens is 1150 g/mol. The van der Waals surface area contributed by atoms with Gasteiger partial charge in [0.25, 0.3) is 6.71 Å². The zero-order chi connectivity index (χ0) is 63.8. The molecule has 2 fully saturated rings. The van der Waals surface area contributed by atoms with Gasteiger partial charge in [0.15, 0.2) is 5.82 Å². The van der Waals surface area contributed by atoms with Crippen LogP contribution in [0.1, 0.15) is 140 Å². The van der Waals surface area contributed by atoms with Crippen LogP contribution in [0.5, 0.6) is 0 Å². The Bertz CT molecular complexity index is 4940. The minimum Gasteiger partial charge on any atom is -0.310 e. The maximum Gasteiger partial charge on any atom is 0.252 e. The molecule has 2 aliphatic carbocycles. The van der Waals surface area contributed by atoms with E-state index in [1.807, 2.05) is 0 Å². The second-order valence-electron chi connectivity index (χ2n) is 30.1. The Morgan fingerprint density at radius 1 is 0.337 bits per heavy atom. The fourth-order valence-corrected chi connectivity index (χ4v) is 17.3. The monoisotopic (exact) mass is 1230 g/mol. The molecule has 11 aromatic carbocycles. The molecule has 0 atom stereocenters. The van der Waals surface area contributed by atoms with Gasteiger partial charge in [-0.15, -0.1) is 0 Å². The Morgan fingerprint density at radius 2 is 0.695 bits per heavy atom. The number of benzene rings is 11. The molecule has 0 radical (unpaired) electrons. The first-order valence-corrected chi connectivity index (χ1v) is 35.2. The molecule has 3 aromatic heterocycles. The summed E-state index contributed by atoms with van der Waals surface area (Å²) in [6, 6.07) is 90.0. The molecular formula is C90H79BN4. The maximum absolute atomic E-state index is 5.98. The van der Waals surface area contributed by atoms with E-state index in [1.165, 1.54) is 158 Å². The zero-order valence-electron chi connectivity index (χ0n) is 55.6. The van der Waals surface area contributed by atoms with Gasteiger partial charge in [0.1, 0.15) is 0 Å². The second-order valence-corrected chi connectivity index (χ2v) is 30.1. The summed E-state index contributed by atoms with van der Waals surface area (Å²) in [4.78, 5) is 12.0. The van der Waals surface area contributed by atoms with Gasteiger partial charge < -0.3 is 9.13 Å². The van der Waals surface area contributed by atoms with Gasteiger partial charge in [-0.25, -0.2) is 9.97 Å². The largest absolute Gasteiger partial charge is 0.310 e. The summed E-state index contributed by atoms with van der Waals surface area (Å²) in [5, 5.41) is 5.63. The van der Waals surface area contributed by atoms with Crippen molar-refractivity contribution < 1.29 is 0 Å². The highest BCUT2D eigenvalue weighted by molar-refractivity contribution is 7.00. The molecule has 18 rings (SSSR count). The van der Waals surface area contributed by atoms with Crippen LogP contribution in [0.2, 0.25) is 0 Å². The zero-order valence-corrected chi connectivity index (χ0v) is 55.6. The van der Waals surface area contributed by atoms with Crippen LogP contribution in [0, 0.1) is 0 Å². The highest BCUT2D eigenvalue weighted by Crippen LogP contribution is 2.49. The number of hydrogen-bond donors (Lipinski definition) is 0. The van der Waals surface area contributed by atoms with Crippen molar-refractivity contribution in [3.63, 3.8) is 0 Å². The van der Waals surface area contributed by atoms with Gasteiger partial charge in [-0.3, -0.25) is 0 Å². The van der Waals surface area contributed by atoms with Crippen LogP contribution in [0.4, 0.5) is 0 Å². The van der Waals surface area contributed by atoms with E-state index in [4.69, 9.17) is 9.97 Å². The first-order chi connectivity index (χ1) is 46.4. The number of rotatable bonds is 9. The first kappa shape index (κ1) is 57.8. The van der Waals surface area contributed by atoms with Crippen LogP contribution in [-0.2, 0) is 10.8 Å². The summed E-state index contributed by atoms with van der Waals surface area (Å²) >= 11 is 0. The summed E-state index contributed by atoms with van der Waals surface area (Å²) in [6.07, 6.45) is 12.7. The third kappa shape index (κ3) is 9.69. The Balaban J connectivity index is 0.977. The molecule has 0 spiro atoms. The average molecular weight is 1230 g/mol. The summed E-state index contributed by atoms with van der Waals surface area (Å²) < 4.78 is 5.44. The van der Waals surface area contributed by atoms with Crippen molar-refractivity contribution in [2.75, 3.05) is 0 Å². The van der Waals surface area contributed by atoms with Crippen molar-refractivity contribution in [2.45, 2.75) is 128 Å². The van der Waals surface area contributed by atoms with E-state index in [0.29, 0.717) is 17.7 Å². The lowest BCUT2D eigenvalue weighted by atomic mass is 9.34. The third-order valence-electron chi connectivity index (χ3n) is 22.2. The highest BCUT2D eigenvalue weighted by Gasteiger charge is 2.43. The quantitative estimate of drug-likeness (QED) is 0.135. The molecule has 4 nitrogen and oxygen atoms in total. The summed E-state index contributed by atoms with van der Waals surface area (Å²) in [5.41, 5.74) is 31.6. The number of fused-ring (bicyclic) bond motifs is 10. The number of nitrogens with zero attached hydrogens (tertiary/aromatic N) is 4. The molecule has 0 bridgehead atoms. The van der Waals surface area contributed by atoms with Gasteiger partial charge >= 0.3 is 0 Å². The van der Waals surface area contributed by atoms with Crippen molar-refractivity contribution >= 4 is 66.7 Å². The Hall–Kier alpha value is -9.84. The second kappa shape index (κ2) is 22.4. The average Bonchev–Trinajstić information content (AvgIpc) is 1.56. The molecule has 2 aliphatic heterocycles. The van der Waals surface area contributed by atoms with Crippen molar-refractivity contribution in [1.82, 2.24) is 19.1 Å². The lowest BCUT2D eigenvalue weighted by molar-refractivity contribution is 0.445. The van der Waals surface area contributed by atoms with E-state index < -0.39 is 0 Å². The van der Waals surface area contributed by atoms with Crippen LogP contribution in [0.15, 0.2) is 237 Å². The first-order valence-electron chi connectivity index (χ1n) is 35.2. The van der Waals surface area contributed by atoms with Crippen LogP contribution < -0.4 is 16.4 Å². The minimum absolute atomic E-state index is 0.0188. The van der Waals surface area contributed by atoms with Crippen molar-refractivity contribution in [3.8, 4) is 89.8 Å². The van der Waals surface area contributed by atoms with E-state index in [0.717, 1.165) is 72.6 Å². The van der Waals surface area contributed by atoms with Gasteiger partial charge in [0.05, 0.1) is 22.4 Å². The molecule has 4 aliphatic rings. The van der Waals surface area contributed by atoms with Gasteiger partial charge in [0, 0.05) is 60.6 Å². The molecule has 95 heavy (non-hydrogen) atoms. The third-order valence-corrected chi connectivity index (χ3v) is 22.2. The molecule has 0 N–H and O–H groups in total. The maximum atomic E-state index is 5.98. The van der Waals surface area contributed by atoms with Gasteiger partial charge in [-0.2, -0.15) is 0 Å². The van der Waals surface area contributed by atoms with Crippen molar-refractivity contribution in [3.05, 3.63) is 259 Å². The SMILES string of the molecule is CC(C)(C)c1ccc2c(c1)c1c(C3CCCCC3)ccc3c1n2-c1cc(-c2nc(-c4cc(-c5ccccc5)cc(-c5ccccc5)c4)cc(-c4cc(-c5ccccc5)cc(-c5ccccc5)c4)n2)cc2c1B3c1ccc(C3CCCCC3)c3c4cc(C(C)(C)C)ccc4n-2c13. The van der Waals surface area contributed by atoms with Gasteiger partial charge in [0.2, 0.25) is 0 Å². The number of hydrogen-bond acceptors (Lipinski definition) is 2. The smallest absolute Gasteiger partial charge is 0.252 e. The normalized spacial score (nSPS) is 14.9. The van der Waals surface area contributed by atoms with Gasteiger partial charge in [-0.1, -0.05) is 238 Å². The highest BCUT2D eigenvalue weighted by atomic mass is 15.0. The predicted molar refractivity (Wildman–Crippen MR) is 402 cm³/mol. The molecule has 5 heteroatoms. The van der Waals surface area contributed by atoms with E-state index in [9.17, 15) is 0 Å². The Morgan fingerprint density at radius 3 is 1.05 bits per heavy atom. The lowest BCUT2D eigenvalue weighted by Gasteiger charge is -2.35. The molecule has 2 saturated carbocycles. The fraction of sp³-hybridized carbons (Fsp3) is 0.222. The van der Waals surface area contributed by atoms with Crippen LogP contribution in [0.25, 0.3) is 133 Å². The van der Waals surface area contributed by atoms with E-state index >= 15 is 0 Å². The van der Waals surface area contributed by atoms with Crippen LogP contribution in [-0.4, -0.2) is 25.8 Å². The van der Waals surface area contributed by atoms with Crippen molar-refractivity contribution in [2.24, 2.45) is 0 Å². The van der Waals surface area contributed by atoms with E-state index in [-0.39, 0.29) is 17.5 Å². The van der Waals surface area contributed by atoms with Gasteiger partial charge in [-0.05, 0) is 210 Å². The van der Waals surface area contributed by atoms with E-state index in [2.05, 4.69) is 287 Å². The Labute approximate surface area is 559 Å². The predicted octanol–water partition coefficient (Wildman–Crippen LogP) is 22.2. The lowest BCUT2D eigenvalue weighted by Crippen LogP contribution is -2.59. The summed E-state index contributed by atoms with van der Waals surface area (Å²) in [7, 11) is 0. The molecule has 14 aromatic rings. The summed E-state index contributed by atoms with van der Waals surface area (Å²) in [6.45, 7) is 14.2. The number of aromatic nitrogens is 4. The van der Waals surface area contributed by atoms with Crippen molar-refractivity contribution in [1.29, 1.82) is 0 Å². The van der Waals surface area contributed by atoms with Crippen LogP contribution >= 0.6 is 0 Å². The molecule has 0 unspecified atom stereocenters.